The highest BCUT2D eigenvalue weighted by Crippen LogP contribution is 2.18. The Morgan fingerprint density at radius 2 is 2.07 bits per heavy atom. The second kappa shape index (κ2) is 6.16. The minimum atomic E-state index is 0.704. The summed E-state index contributed by atoms with van der Waals surface area (Å²) in [5.41, 5.74) is 0. The molecule has 0 saturated heterocycles. The first-order valence-corrected chi connectivity index (χ1v) is 6.20. The Morgan fingerprint density at radius 1 is 1.33 bits per heavy atom. The Bertz CT molecular complexity index is 296. The van der Waals surface area contributed by atoms with E-state index in [0.717, 1.165) is 18.2 Å². The summed E-state index contributed by atoms with van der Waals surface area (Å²) in [7, 11) is 1.98. The fourth-order valence-electron chi connectivity index (χ4n) is 1.73. The molecule has 1 aromatic rings. The third-order valence-corrected chi connectivity index (χ3v) is 3.35. The van der Waals surface area contributed by atoms with Crippen molar-refractivity contribution in [1.29, 1.82) is 0 Å². The molecule has 0 N–H and O–H groups in total. The first-order chi connectivity index (χ1) is 7.19. The van der Waals surface area contributed by atoms with Gasteiger partial charge in [0.15, 0.2) is 5.16 Å². The molecule has 1 heterocycles. The van der Waals surface area contributed by atoms with Gasteiger partial charge in [-0.05, 0) is 5.92 Å². The van der Waals surface area contributed by atoms with Gasteiger partial charge in [0.05, 0.1) is 0 Å². The maximum atomic E-state index is 4.23. The molecule has 0 aromatic carbocycles. The lowest BCUT2D eigenvalue weighted by Crippen LogP contribution is -2.08. The largest absolute Gasteiger partial charge is 0.309 e. The van der Waals surface area contributed by atoms with Crippen LogP contribution in [0.25, 0.3) is 0 Å². The fourth-order valence-corrected chi connectivity index (χ4v) is 1.89. The lowest BCUT2D eigenvalue weighted by molar-refractivity contribution is 0.433. The lowest BCUT2D eigenvalue weighted by Gasteiger charge is -2.13. The number of rotatable bonds is 6. The van der Waals surface area contributed by atoms with Crippen molar-refractivity contribution in [3.63, 3.8) is 0 Å². The Balaban J connectivity index is 2.54. The topological polar surface area (TPSA) is 30.7 Å². The summed E-state index contributed by atoms with van der Waals surface area (Å²) in [6.07, 6.45) is 6.12. The van der Waals surface area contributed by atoms with Gasteiger partial charge < -0.3 is 4.57 Å². The van der Waals surface area contributed by atoms with E-state index in [-0.39, 0.29) is 0 Å². The van der Waals surface area contributed by atoms with Gasteiger partial charge in [-0.25, -0.2) is 0 Å². The van der Waals surface area contributed by atoms with Gasteiger partial charge in [-0.1, -0.05) is 39.5 Å². The zero-order valence-electron chi connectivity index (χ0n) is 9.90. The average molecular weight is 227 g/mol. The van der Waals surface area contributed by atoms with E-state index < -0.39 is 0 Å². The van der Waals surface area contributed by atoms with Crippen LogP contribution in [0.3, 0.4) is 0 Å². The van der Waals surface area contributed by atoms with Crippen LogP contribution >= 0.6 is 12.6 Å². The van der Waals surface area contributed by atoms with E-state index in [1.165, 1.54) is 25.7 Å². The summed E-state index contributed by atoms with van der Waals surface area (Å²) < 4.78 is 1.97. The molecular weight excluding hydrogens is 206 g/mol. The summed E-state index contributed by atoms with van der Waals surface area (Å²) in [5.74, 6) is 1.79. The number of unbranched alkanes of at least 4 members (excludes halogenated alkanes) is 1. The molecular formula is C11H21N3S. The molecule has 0 aliphatic carbocycles. The van der Waals surface area contributed by atoms with Gasteiger partial charge in [0, 0.05) is 13.5 Å². The van der Waals surface area contributed by atoms with Crippen molar-refractivity contribution in [3.05, 3.63) is 5.82 Å². The highest BCUT2D eigenvalue weighted by molar-refractivity contribution is 7.80. The third-order valence-electron chi connectivity index (χ3n) is 2.96. The summed E-state index contributed by atoms with van der Waals surface area (Å²) >= 11 is 4.23. The van der Waals surface area contributed by atoms with Crippen LogP contribution in [-0.4, -0.2) is 14.8 Å². The van der Waals surface area contributed by atoms with Crippen LogP contribution in [0.15, 0.2) is 5.16 Å². The Morgan fingerprint density at radius 3 is 2.53 bits per heavy atom. The van der Waals surface area contributed by atoms with Crippen LogP contribution in [0.1, 0.15) is 45.4 Å². The smallest absolute Gasteiger partial charge is 0.187 e. The molecule has 1 atom stereocenters. The zero-order chi connectivity index (χ0) is 11.3. The molecule has 0 aliphatic heterocycles. The number of aromatic nitrogens is 3. The summed E-state index contributed by atoms with van der Waals surface area (Å²) in [6, 6.07) is 0. The Labute approximate surface area is 97.7 Å². The van der Waals surface area contributed by atoms with Crippen LogP contribution in [0.2, 0.25) is 0 Å². The molecule has 86 valence electrons. The normalized spacial score (nSPS) is 13.1. The monoisotopic (exact) mass is 227 g/mol. The van der Waals surface area contributed by atoms with Crippen LogP contribution in [0.5, 0.6) is 0 Å². The molecule has 15 heavy (non-hydrogen) atoms. The van der Waals surface area contributed by atoms with E-state index in [4.69, 9.17) is 0 Å². The Kier molecular flexibility index (Phi) is 5.15. The second-order valence-corrected chi connectivity index (χ2v) is 4.50. The molecule has 1 unspecified atom stereocenters. The number of thiol groups is 1. The first-order valence-electron chi connectivity index (χ1n) is 5.76. The van der Waals surface area contributed by atoms with Crippen molar-refractivity contribution in [1.82, 2.24) is 14.8 Å². The molecule has 0 spiro atoms. The quantitative estimate of drug-likeness (QED) is 0.758. The first kappa shape index (κ1) is 12.6. The molecule has 0 fully saturated rings. The second-order valence-electron chi connectivity index (χ2n) is 4.10. The summed E-state index contributed by atoms with van der Waals surface area (Å²) in [5, 5.41) is 8.81. The fraction of sp³-hybridized carbons (Fsp3) is 0.818. The Hall–Kier alpha value is -0.510. The van der Waals surface area contributed by atoms with E-state index in [2.05, 4.69) is 36.7 Å². The maximum Gasteiger partial charge on any atom is 0.187 e. The number of hydrogen-bond acceptors (Lipinski definition) is 3. The molecule has 0 amide bonds. The van der Waals surface area contributed by atoms with Gasteiger partial charge in [0.25, 0.3) is 0 Å². The molecule has 1 rings (SSSR count). The van der Waals surface area contributed by atoms with Crippen molar-refractivity contribution in [2.24, 2.45) is 13.0 Å². The molecule has 3 nitrogen and oxygen atoms in total. The average Bonchev–Trinajstić information content (AvgIpc) is 2.55. The third kappa shape index (κ3) is 3.52. The zero-order valence-corrected chi connectivity index (χ0v) is 10.8. The van der Waals surface area contributed by atoms with Crippen LogP contribution in [-0.2, 0) is 13.5 Å². The van der Waals surface area contributed by atoms with Gasteiger partial charge in [-0.15, -0.1) is 22.8 Å². The minimum Gasteiger partial charge on any atom is -0.309 e. The van der Waals surface area contributed by atoms with Gasteiger partial charge in [0.1, 0.15) is 5.82 Å². The van der Waals surface area contributed by atoms with Crippen molar-refractivity contribution >= 4 is 12.6 Å². The molecule has 0 aliphatic rings. The number of hydrogen-bond donors (Lipinski definition) is 1. The molecule has 0 bridgehead atoms. The van der Waals surface area contributed by atoms with Crippen LogP contribution in [0.4, 0.5) is 0 Å². The van der Waals surface area contributed by atoms with Crippen molar-refractivity contribution < 1.29 is 0 Å². The van der Waals surface area contributed by atoms with Crippen LogP contribution in [0, 0.1) is 5.92 Å². The minimum absolute atomic E-state index is 0.704. The van der Waals surface area contributed by atoms with Crippen molar-refractivity contribution in [2.75, 3.05) is 0 Å². The van der Waals surface area contributed by atoms with E-state index >= 15 is 0 Å². The van der Waals surface area contributed by atoms with E-state index in [9.17, 15) is 0 Å². The SMILES string of the molecule is CCCCC(CC)Cc1nnc(S)n1C. The van der Waals surface area contributed by atoms with Gasteiger partial charge in [-0.2, -0.15) is 0 Å². The van der Waals surface area contributed by atoms with E-state index in [1.54, 1.807) is 0 Å². The molecule has 1 aromatic heterocycles. The molecule has 0 saturated carbocycles. The maximum absolute atomic E-state index is 4.23. The highest BCUT2D eigenvalue weighted by Gasteiger charge is 2.12. The van der Waals surface area contributed by atoms with Crippen LogP contribution < -0.4 is 0 Å². The predicted molar refractivity (Wildman–Crippen MR) is 65.3 cm³/mol. The van der Waals surface area contributed by atoms with Gasteiger partial charge >= 0.3 is 0 Å². The van der Waals surface area contributed by atoms with Gasteiger partial charge in [0.2, 0.25) is 0 Å². The highest BCUT2D eigenvalue weighted by atomic mass is 32.1. The van der Waals surface area contributed by atoms with Gasteiger partial charge in [-0.3, -0.25) is 0 Å². The van der Waals surface area contributed by atoms with E-state index in [0.29, 0.717) is 5.16 Å². The number of nitrogens with zero attached hydrogens (tertiary/aromatic N) is 3. The van der Waals surface area contributed by atoms with Crippen molar-refractivity contribution in [2.45, 2.75) is 51.1 Å². The lowest BCUT2D eigenvalue weighted by atomic mass is 9.95. The standard InChI is InChI=1S/C11H21N3S/c1-4-6-7-9(5-2)8-10-12-13-11(15)14(10)3/h9H,4-8H2,1-3H3,(H,13,15). The van der Waals surface area contributed by atoms with E-state index in [1.807, 2.05) is 11.6 Å². The summed E-state index contributed by atoms with van der Waals surface area (Å²) in [4.78, 5) is 0. The predicted octanol–water partition coefficient (Wildman–Crippen LogP) is 2.86. The molecule has 0 radical (unpaired) electrons. The van der Waals surface area contributed by atoms with Crippen molar-refractivity contribution in [3.8, 4) is 0 Å². The molecule has 4 heteroatoms. The summed E-state index contributed by atoms with van der Waals surface area (Å²) in [6.45, 7) is 4.49.